The first-order valence-electron chi connectivity index (χ1n) is 7.75. The van der Waals surface area contributed by atoms with Crippen LogP contribution in [0, 0.1) is 5.92 Å². The lowest BCUT2D eigenvalue weighted by molar-refractivity contribution is 0.482. The highest BCUT2D eigenvalue weighted by molar-refractivity contribution is 5.65. The third-order valence-corrected chi connectivity index (χ3v) is 4.49. The minimum Gasteiger partial charge on any atom is -0.382 e. The maximum atomic E-state index is 3.66. The molecule has 1 heteroatoms. The van der Waals surface area contributed by atoms with Gasteiger partial charge in [0.15, 0.2) is 0 Å². The van der Waals surface area contributed by atoms with Gasteiger partial charge in [0.1, 0.15) is 0 Å². The molecule has 1 saturated carbocycles. The molecular formula is C19H23N. The van der Waals surface area contributed by atoms with Crippen LogP contribution in [0.25, 0.3) is 11.1 Å². The van der Waals surface area contributed by atoms with Crippen molar-refractivity contribution in [2.75, 3.05) is 5.32 Å². The van der Waals surface area contributed by atoms with Crippen molar-refractivity contribution in [3.8, 4) is 11.1 Å². The summed E-state index contributed by atoms with van der Waals surface area (Å²) >= 11 is 0. The summed E-state index contributed by atoms with van der Waals surface area (Å²) < 4.78 is 0. The largest absolute Gasteiger partial charge is 0.382 e. The summed E-state index contributed by atoms with van der Waals surface area (Å²) in [6.07, 6.45) is 5.58. The molecule has 2 aromatic rings. The van der Waals surface area contributed by atoms with Gasteiger partial charge in [0.2, 0.25) is 0 Å². The van der Waals surface area contributed by atoms with E-state index >= 15 is 0 Å². The van der Waals surface area contributed by atoms with Crippen molar-refractivity contribution in [3.05, 3.63) is 54.6 Å². The van der Waals surface area contributed by atoms with Gasteiger partial charge in [-0.25, -0.2) is 0 Å². The van der Waals surface area contributed by atoms with Crippen LogP contribution in [0.1, 0.15) is 32.6 Å². The maximum absolute atomic E-state index is 3.66. The summed E-state index contributed by atoms with van der Waals surface area (Å²) in [6, 6.07) is 19.9. The van der Waals surface area contributed by atoms with Gasteiger partial charge in [0.05, 0.1) is 0 Å². The van der Waals surface area contributed by atoms with E-state index in [-0.39, 0.29) is 0 Å². The quantitative estimate of drug-likeness (QED) is 0.786. The van der Waals surface area contributed by atoms with E-state index in [4.69, 9.17) is 0 Å². The van der Waals surface area contributed by atoms with Crippen molar-refractivity contribution in [2.45, 2.75) is 38.6 Å². The summed E-state index contributed by atoms with van der Waals surface area (Å²) in [6.45, 7) is 2.32. The zero-order valence-corrected chi connectivity index (χ0v) is 12.2. The zero-order chi connectivity index (χ0) is 13.8. The second-order valence-electron chi connectivity index (χ2n) is 5.92. The number of hydrogen-bond donors (Lipinski definition) is 1. The van der Waals surface area contributed by atoms with Gasteiger partial charge in [0, 0.05) is 11.7 Å². The Balaban J connectivity index is 1.67. The molecule has 0 heterocycles. The van der Waals surface area contributed by atoms with Crippen molar-refractivity contribution < 1.29 is 0 Å². The van der Waals surface area contributed by atoms with Crippen LogP contribution in [0.4, 0.5) is 5.69 Å². The van der Waals surface area contributed by atoms with Gasteiger partial charge in [0.25, 0.3) is 0 Å². The fourth-order valence-corrected chi connectivity index (χ4v) is 3.23. The first-order valence-corrected chi connectivity index (χ1v) is 7.75. The highest BCUT2D eigenvalue weighted by Crippen LogP contribution is 2.29. The van der Waals surface area contributed by atoms with Crippen molar-refractivity contribution >= 4 is 5.69 Å². The molecule has 1 N–H and O–H groups in total. The fourth-order valence-electron chi connectivity index (χ4n) is 3.23. The highest BCUT2D eigenvalue weighted by Gasteiger charge is 2.21. The molecule has 104 valence electrons. The van der Waals surface area contributed by atoms with Crippen molar-refractivity contribution in [2.24, 2.45) is 5.92 Å². The van der Waals surface area contributed by atoms with Gasteiger partial charge in [-0.05, 0) is 48.9 Å². The number of rotatable bonds is 4. The Morgan fingerprint density at radius 3 is 2.10 bits per heavy atom. The second-order valence-corrected chi connectivity index (χ2v) is 5.92. The normalized spacial score (nSPS) is 17.1. The minimum atomic E-state index is 0.583. The minimum absolute atomic E-state index is 0.583. The van der Waals surface area contributed by atoms with Gasteiger partial charge in [-0.2, -0.15) is 0 Å². The van der Waals surface area contributed by atoms with E-state index in [2.05, 4.69) is 66.8 Å². The monoisotopic (exact) mass is 265 g/mol. The summed E-state index contributed by atoms with van der Waals surface area (Å²) in [5, 5.41) is 3.66. The molecule has 2 aromatic carbocycles. The number of benzene rings is 2. The average Bonchev–Trinajstić information content (AvgIpc) is 3.03. The lowest BCUT2D eigenvalue weighted by atomic mass is 9.99. The predicted octanol–water partition coefficient (Wildman–Crippen LogP) is 5.34. The third kappa shape index (κ3) is 3.04. The topological polar surface area (TPSA) is 12.0 Å². The van der Waals surface area contributed by atoms with E-state index in [1.807, 2.05) is 0 Å². The summed E-state index contributed by atoms with van der Waals surface area (Å²) in [4.78, 5) is 0. The Morgan fingerprint density at radius 1 is 0.850 bits per heavy atom. The summed E-state index contributed by atoms with van der Waals surface area (Å²) in [7, 11) is 0. The number of anilines is 1. The van der Waals surface area contributed by atoms with Gasteiger partial charge in [-0.1, -0.05) is 55.3 Å². The van der Waals surface area contributed by atoms with Crippen LogP contribution in [0.15, 0.2) is 54.6 Å². The zero-order valence-electron chi connectivity index (χ0n) is 12.2. The number of nitrogens with one attached hydrogen (secondary N) is 1. The van der Waals surface area contributed by atoms with Crippen LogP contribution in [-0.4, -0.2) is 6.04 Å². The SMILES string of the molecule is CC(Nc1ccc(-c2ccccc2)cc1)C1CCCC1. The molecule has 20 heavy (non-hydrogen) atoms. The van der Waals surface area contributed by atoms with Crippen LogP contribution in [0.2, 0.25) is 0 Å². The molecule has 3 rings (SSSR count). The van der Waals surface area contributed by atoms with Crippen LogP contribution >= 0.6 is 0 Å². The second kappa shape index (κ2) is 6.13. The first kappa shape index (κ1) is 13.2. The first-order chi connectivity index (χ1) is 9.83. The maximum Gasteiger partial charge on any atom is 0.0342 e. The highest BCUT2D eigenvalue weighted by atomic mass is 14.9. The van der Waals surface area contributed by atoms with E-state index in [9.17, 15) is 0 Å². The molecule has 1 unspecified atom stereocenters. The third-order valence-electron chi connectivity index (χ3n) is 4.49. The molecule has 1 aliphatic rings. The molecule has 1 fully saturated rings. The molecule has 1 nitrogen and oxygen atoms in total. The Labute approximate surface area is 122 Å². The van der Waals surface area contributed by atoms with Gasteiger partial charge in [-0.3, -0.25) is 0 Å². The molecule has 1 atom stereocenters. The summed E-state index contributed by atoms with van der Waals surface area (Å²) in [5.74, 6) is 0.851. The molecule has 0 radical (unpaired) electrons. The molecule has 0 amide bonds. The predicted molar refractivity (Wildman–Crippen MR) is 86.9 cm³/mol. The molecule has 0 bridgehead atoms. The van der Waals surface area contributed by atoms with Gasteiger partial charge in [-0.15, -0.1) is 0 Å². The van der Waals surface area contributed by atoms with Gasteiger partial charge < -0.3 is 5.32 Å². The molecule has 0 aromatic heterocycles. The van der Waals surface area contributed by atoms with Crippen molar-refractivity contribution in [1.29, 1.82) is 0 Å². The van der Waals surface area contributed by atoms with Crippen LogP contribution in [0.3, 0.4) is 0 Å². The van der Waals surface area contributed by atoms with Crippen molar-refractivity contribution in [1.82, 2.24) is 0 Å². The molecule has 0 aliphatic heterocycles. The lowest BCUT2D eigenvalue weighted by Crippen LogP contribution is -2.23. The standard InChI is InChI=1S/C19H23N/c1-15(16-7-5-6-8-16)20-19-13-11-18(12-14-19)17-9-3-2-4-10-17/h2-4,9-16,20H,5-8H2,1H3. The van der Waals surface area contributed by atoms with E-state index < -0.39 is 0 Å². The van der Waals surface area contributed by atoms with E-state index in [1.54, 1.807) is 0 Å². The molecule has 1 aliphatic carbocycles. The Hall–Kier alpha value is -1.76. The number of hydrogen-bond acceptors (Lipinski definition) is 1. The van der Waals surface area contributed by atoms with Crippen LogP contribution in [-0.2, 0) is 0 Å². The smallest absolute Gasteiger partial charge is 0.0342 e. The Morgan fingerprint density at radius 2 is 1.45 bits per heavy atom. The average molecular weight is 265 g/mol. The Kier molecular flexibility index (Phi) is 4.05. The van der Waals surface area contributed by atoms with Crippen LogP contribution in [0.5, 0.6) is 0 Å². The lowest BCUT2D eigenvalue weighted by Gasteiger charge is -2.21. The van der Waals surface area contributed by atoms with E-state index in [1.165, 1.54) is 42.5 Å². The molecule has 0 saturated heterocycles. The fraction of sp³-hybridized carbons (Fsp3) is 0.368. The van der Waals surface area contributed by atoms with Gasteiger partial charge >= 0.3 is 0 Å². The van der Waals surface area contributed by atoms with E-state index in [0.29, 0.717) is 6.04 Å². The molecule has 0 spiro atoms. The summed E-state index contributed by atoms with van der Waals surface area (Å²) in [5.41, 5.74) is 3.80. The molecular weight excluding hydrogens is 242 g/mol. The Bertz CT molecular complexity index is 523. The van der Waals surface area contributed by atoms with Crippen molar-refractivity contribution in [3.63, 3.8) is 0 Å². The van der Waals surface area contributed by atoms with E-state index in [0.717, 1.165) is 5.92 Å². The van der Waals surface area contributed by atoms with Crippen LogP contribution < -0.4 is 5.32 Å².